The van der Waals surface area contributed by atoms with E-state index in [4.69, 9.17) is 21.7 Å². The first kappa shape index (κ1) is 27.7. The number of nitrogens with one attached hydrogen (secondary N) is 3. The quantitative estimate of drug-likeness (QED) is 0.130. The second-order valence-corrected chi connectivity index (χ2v) is 6.90. The van der Waals surface area contributed by atoms with Gasteiger partial charge in [0.05, 0.1) is 12.1 Å². The van der Waals surface area contributed by atoms with Gasteiger partial charge in [-0.1, -0.05) is 0 Å². The number of nitrogens with two attached hydrogens (primary N) is 2. The summed E-state index contributed by atoms with van der Waals surface area (Å²) in [6, 6.07) is -5.43. The minimum atomic E-state index is -1.51. The number of amides is 4. The first-order valence-corrected chi connectivity index (χ1v) is 9.33. The van der Waals surface area contributed by atoms with Crippen LogP contribution in [0.25, 0.3) is 0 Å². The Labute approximate surface area is 177 Å². The van der Waals surface area contributed by atoms with Crippen molar-refractivity contribution >= 4 is 35.6 Å². The summed E-state index contributed by atoms with van der Waals surface area (Å²) in [7, 11) is 0. The lowest BCUT2D eigenvalue weighted by Crippen LogP contribution is -2.59. The van der Waals surface area contributed by atoms with Gasteiger partial charge in [0.1, 0.15) is 18.1 Å². The van der Waals surface area contributed by atoms with Gasteiger partial charge in [0.15, 0.2) is 0 Å². The van der Waals surface area contributed by atoms with E-state index < -0.39 is 65.8 Å². The van der Waals surface area contributed by atoms with Crippen LogP contribution in [0.4, 0.5) is 0 Å². The molecule has 10 N–H and O–H groups in total. The molecule has 0 aromatic rings. The number of aliphatic carboxylic acids is 2. The largest absolute Gasteiger partial charge is 0.481 e. The third-order valence-electron chi connectivity index (χ3n) is 4.11. The van der Waals surface area contributed by atoms with Crippen LogP contribution in [0.15, 0.2) is 0 Å². The van der Waals surface area contributed by atoms with Crippen LogP contribution in [0, 0.1) is 0 Å². The van der Waals surface area contributed by atoms with Gasteiger partial charge in [-0.3, -0.25) is 24.0 Å². The lowest BCUT2D eigenvalue weighted by atomic mass is 10.1. The Morgan fingerprint density at radius 2 is 1.42 bits per heavy atom. The number of hydrogen-bond acceptors (Lipinski definition) is 8. The van der Waals surface area contributed by atoms with Gasteiger partial charge < -0.3 is 42.7 Å². The number of primary amides is 1. The average Bonchev–Trinajstić information content (AvgIpc) is 2.65. The summed E-state index contributed by atoms with van der Waals surface area (Å²) < 4.78 is 0. The third kappa shape index (κ3) is 10.9. The number of rotatable bonds is 14. The van der Waals surface area contributed by atoms with Crippen molar-refractivity contribution < 1.29 is 44.1 Å². The van der Waals surface area contributed by atoms with E-state index in [9.17, 15) is 33.9 Å². The van der Waals surface area contributed by atoms with Gasteiger partial charge in [0.25, 0.3) is 0 Å². The Hall–Kier alpha value is -3.26. The smallest absolute Gasteiger partial charge is 0.326 e. The van der Waals surface area contributed by atoms with Gasteiger partial charge in [-0.05, 0) is 26.7 Å². The number of aliphatic hydroxyl groups is 1. The van der Waals surface area contributed by atoms with E-state index in [1.807, 2.05) is 0 Å². The summed E-state index contributed by atoms with van der Waals surface area (Å²) in [5.74, 6) is -6.05. The van der Waals surface area contributed by atoms with E-state index in [0.29, 0.717) is 0 Å². The van der Waals surface area contributed by atoms with E-state index in [2.05, 4.69) is 16.0 Å². The topological polar surface area (TPSA) is 251 Å². The fourth-order valence-electron chi connectivity index (χ4n) is 2.29. The summed E-state index contributed by atoms with van der Waals surface area (Å²) in [5.41, 5.74) is 10.5. The first-order chi connectivity index (χ1) is 14.3. The van der Waals surface area contributed by atoms with Crippen LogP contribution in [0.5, 0.6) is 0 Å². The van der Waals surface area contributed by atoms with Crippen molar-refractivity contribution in [1.82, 2.24) is 16.0 Å². The lowest BCUT2D eigenvalue weighted by Gasteiger charge is -2.25. The van der Waals surface area contributed by atoms with E-state index in [-0.39, 0.29) is 25.7 Å². The molecule has 0 aliphatic heterocycles. The van der Waals surface area contributed by atoms with Gasteiger partial charge in [-0.2, -0.15) is 0 Å². The maximum Gasteiger partial charge on any atom is 0.326 e. The minimum Gasteiger partial charge on any atom is -0.481 e. The van der Waals surface area contributed by atoms with Gasteiger partial charge >= 0.3 is 11.9 Å². The van der Waals surface area contributed by atoms with Crippen molar-refractivity contribution in [2.24, 2.45) is 11.5 Å². The molecular formula is C17H29N5O9. The van der Waals surface area contributed by atoms with Crippen LogP contribution >= 0.6 is 0 Å². The van der Waals surface area contributed by atoms with Crippen LogP contribution in [-0.2, 0) is 28.8 Å². The summed E-state index contributed by atoms with van der Waals surface area (Å²) in [6.07, 6.45) is -2.50. The van der Waals surface area contributed by atoms with Crippen LogP contribution in [-0.4, -0.2) is 81.2 Å². The van der Waals surface area contributed by atoms with Crippen LogP contribution in [0.3, 0.4) is 0 Å². The number of carbonyl (C=O) groups is 6. The zero-order chi connectivity index (χ0) is 24.3. The highest BCUT2D eigenvalue weighted by molar-refractivity contribution is 5.94. The molecule has 0 aliphatic carbocycles. The molecule has 5 atom stereocenters. The molecule has 0 bridgehead atoms. The molecule has 0 saturated heterocycles. The SMILES string of the molecule is CC(NC(=O)C(NC(=O)C(N)CCC(=O)O)C(C)O)C(=O)NC(CCC(N)=O)C(=O)O. The Morgan fingerprint density at radius 3 is 1.87 bits per heavy atom. The molecule has 4 amide bonds. The molecule has 31 heavy (non-hydrogen) atoms. The molecule has 0 fully saturated rings. The van der Waals surface area contributed by atoms with E-state index in [1.165, 1.54) is 13.8 Å². The monoisotopic (exact) mass is 447 g/mol. The lowest BCUT2D eigenvalue weighted by molar-refractivity contribution is -0.142. The highest BCUT2D eigenvalue weighted by atomic mass is 16.4. The predicted molar refractivity (Wildman–Crippen MR) is 104 cm³/mol. The van der Waals surface area contributed by atoms with Crippen LogP contribution in [0.2, 0.25) is 0 Å². The molecule has 5 unspecified atom stereocenters. The van der Waals surface area contributed by atoms with Crippen molar-refractivity contribution in [1.29, 1.82) is 0 Å². The Morgan fingerprint density at radius 1 is 0.839 bits per heavy atom. The summed E-state index contributed by atoms with van der Waals surface area (Å²) in [4.78, 5) is 69.1. The Kier molecular flexibility index (Phi) is 11.7. The summed E-state index contributed by atoms with van der Waals surface area (Å²) in [5, 5.41) is 34.1. The molecule has 0 aromatic heterocycles. The second-order valence-electron chi connectivity index (χ2n) is 6.90. The highest BCUT2D eigenvalue weighted by Gasteiger charge is 2.31. The van der Waals surface area contributed by atoms with E-state index in [0.717, 1.165) is 0 Å². The number of carboxylic acids is 2. The number of aliphatic hydroxyl groups excluding tert-OH is 1. The fourth-order valence-corrected chi connectivity index (χ4v) is 2.29. The van der Waals surface area contributed by atoms with Gasteiger partial charge in [-0.15, -0.1) is 0 Å². The Bertz CT molecular complexity index is 697. The number of carbonyl (C=O) groups excluding carboxylic acids is 4. The standard InChI is InChI=1S/C17H29N5O9/c1-7(14(27)21-10(17(30)31)4-5-11(19)24)20-16(29)13(8(2)23)22-15(28)9(18)3-6-12(25)26/h7-10,13,23H,3-6,18H2,1-2H3,(H2,19,24)(H,20,29)(H,21,27)(H,22,28)(H,25,26)(H,30,31). The molecule has 14 heteroatoms. The third-order valence-corrected chi connectivity index (χ3v) is 4.11. The predicted octanol–water partition coefficient (Wildman–Crippen LogP) is -3.62. The molecule has 0 aromatic carbocycles. The van der Waals surface area contributed by atoms with Gasteiger partial charge in [-0.25, -0.2) is 4.79 Å². The van der Waals surface area contributed by atoms with Crippen molar-refractivity contribution in [3.63, 3.8) is 0 Å². The van der Waals surface area contributed by atoms with Crippen LogP contribution < -0.4 is 27.4 Å². The maximum absolute atomic E-state index is 12.4. The summed E-state index contributed by atoms with van der Waals surface area (Å²) in [6.45, 7) is 2.43. The molecule has 0 aliphatic rings. The minimum absolute atomic E-state index is 0.198. The zero-order valence-electron chi connectivity index (χ0n) is 17.2. The van der Waals surface area contributed by atoms with Crippen LogP contribution in [0.1, 0.15) is 39.5 Å². The molecule has 14 nitrogen and oxygen atoms in total. The van der Waals surface area contributed by atoms with E-state index in [1.54, 1.807) is 0 Å². The van der Waals surface area contributed by atoms with Crippen molar-refractivity contribution in [3.8, 4) is 0 Å². The molecule has 0 radical (unpaired) electrons. The average molecular weight is 447 g/mol. The zero-order valence-corrected chi connectivity index (χ0v) is 17.2. The van der Waals surface area contributed by atoms with Crippen molar-refractivity contribution in [2.75, 3.05) is 0 Å². The Balaban J connectivity index is 4.96. The van der Waals surface area contributed by atoms with Gasteiger partial charge in [0.2, 0.25) is 23.6 Å². The first-order valence-electron chi connectivity index (χ1n) is 9.33. The number of hydrogen-bond donors (Lipinski definition) is 8. The van der Waals surface area contributed by atoms with E-state index >= 15 is 0 Å². The molecule has 0 rings (SSSR count). The highest BCUT2D eigenvalue weighted by Crippen LogP contribution is 2.01. The molecule has 0 heterocycles. The molecule has 0 saturated carbocycles. The maximum atomic E-state index is 12.4. The van der Waals surface area contributed by atoms with Crippen molar-refractivity contribution in [3.05, 3.63) is 0 Å². The molecule has 176 valence electrons. The molecular weight excluding hydrogens is 418 g/mol. The normalized spacial score (nSPS) is 15.5. The second kappa shape index (κ2) is 13.1. The van der Waals surface area contributed by atoms with Crippen molar-refractivity contribution in [2.45, 2.75) is 69.8 Å². The number of carboxylic acid groups (broad SMARTS) is 2. The summed E-state index contributed by atoms with van der Waals surface area (Å²) >= 11 is 0. The van der Waals surface area contributed by atoms with Gasteiger partial charge in [0, 0.05) is 12.8 Å². The molecule has 0 spiro atoms. The fraction of sp³-hybridized carbons (Fsp3) is 0.647.